The van der Waals surface area contributed by atoms with E-state index in [1.54, 1.807) is 4.90 Å². The summed E-state index contributed by atoms with van der Waals surface area (Å²) in [6, 6.07) is 7.88. The van der Waals surface area contributed by atoms with E-state index in [4.69, 9.17) is 0 Å². The Morgan fingerprint density at radius 3 is 2.18 bits per heavy atom. The number of carbonyl (C=O) groups is 1. The van der Waals surface area contributed by atoms with E-state index in [9.17, 15) is 18.0 Å². The second-order valence-electron chi connectivity index (χ2n) is 5.78. The van der Waals surface area contributed by atoms with Crippen LogP contribution in [-0.4, -0.2) is 43.2 Å². The van der Waals surface area contributed by atoms with Crippen molar-refractivity contribution in [1.82, 2.24) is 4.90 Å². The van der Waals surface area contributed by atoms with Gasteiger partial charge in [0.2, 0.25) is 5.91 Å². The minimum Gasteiger partial charge on any atom is -0.368 e. The van der Waals surface area contributed by atoms with E-state index in [1.165, 1.54) is 0 Å². The third-order valence-corrected chi connectivity index (χ3v) is 4.84. The van der Waals surface area contributed by atoms with Crippen LogP contribution in [0, 0.1) is 11.8 Å². The molecule has 1 saturated heterocycles. The predicted octanol–water partition coefficient (Wildman–Crippen LogP) is 3.30. The van der Waals surface area contributed by atoms with Gasteiger partial charge in [0.25, 0.3) is 0 Å². The minimum atomic E-state index is -4.24. The highest BCUT2D eigenvalue weighted by atomic mass is 79.9. The molecular formula is C15H16BrF3N2O. The highest BCUT2D eigenvalue weighted by Gasteiger charge is 2.59. The Morgan fingerprint density at radius 2 is 1.68 bits per heavy atom. The fourth-order valence-corrected chi connectivity index (χ4v) is 3.17. The maximum Gasteiger partial charge on any atom is 0.392 e. The fourth-order valence-electron chi connectivity index (χ4n) is 2.90. The van der Waals surface area contributed by atoms with Gasteiger partial charge < -0.3 is 9.80 Å². The first-order valence-corrected chi connectivity index (χ1v) is 8.01. The Bertz CT molecular complexity index is 553. The fraction of sp³-hybridized carbons (Fsp3) is 0.533. The number of anilines is 1. The number of hydrogen-bond acceptors (Lipinski definition) is 2. The normalized spacial score (nSPS) is 25.3. The van der Waals surface area contributed by atoms with Crippen molar-refractivity contribution in [1.29, 1.82) is 0 Å². The van der Waals surface area contributed by atoms with E-state index >= 15 is 0 Å². The van der Waals surface area contributed by atoms with Crippen LogP contribution in [0.1, 0.15) is 6.42 Å². The molecule has 1 heterocycles. The molecule has 0 radical (unpaired) electrons. The van der Waals surface area contributed by atoms with Gasteiger partial charge >= 0.3 is 6.18 Å². The van der Waals surface area contributed by atoms with Gasteiger partial charge in [-0.3, -0.25) is 4.79 Å². The largest absolute Gasteiger partial charge is 0.392 e. The molecule has 7 heteroatoms. The van der Waals surface area contributed by atoms with Gasteiger partial charge in [-0.15, -0.1) is 0 Å². The maximum absolute atomic E-state index is 12.6. The van der Waals surface area contributed by atoms with Crippen molar-refractivity contribution in [2.45, 2.75) is 12.6 Å². The van der Waals surface area contributed by atoms with Crippen LogP contribution in [-0.2, 0) is 4.79 Å². The number of halogens is 4. The van der Waals surface area contributed by atoms with Crippen LogP contribution in [0.4, 0.5) is 18.9 Å². The zero-order chi connectivity index (χ0) is 15.9. The molecule has 120 valence electrons. The van der Waals surface area contributed by atoms with Crippen molar-refractivity contribution in [3.8, 4) is 0 Å². The van der Waals surface area contributed by atoms with Crippen LogP contribution < -0.4 is 4.90 Å². The SMILES string of the molecule is O=C(C1CC1C(F)(F)F)N1CCN(c2ccc(Br)cc2)CC1. The summed E-state index contributed by atoms with van der Waals surface area (Å²) in [4.78, 5) is 15.8. The lowest BCUT2D eigenvalue weighted by atomic mass is 10.2. The molecular weight excluding hydrogens is 361 g/mol. The molecule has 3 rings (SSSR count). The van der Waals surface area contributed by atoms with Gasteiger partial charge in [0.15, 0.2) is 0 Å². The molecule has 2 aliphatic rings. The van der Waals surface area contributed by atoms with Crippen molar-refractivity contribution >= 4 is 27.5 Å². The van der Waals surface area contributed by atoms with E-state index in [0.29, 0.717) is 26.2 Å². The average Bonchev–Trinajstić information content (AvgIpc) is 3.28. The average molecular weight is 377 g/mol. The number of benzene rings is 1. The number of piperazine rings is 1. The number of carbonyl (C=O) groups excluding carboxylic acids is 1. The quantitative estimate of drug-likeness (QED) is 0.790. The molecule has 0 aromatic heterocycles. The lowest BCUT2D eigenvalue weighted by molar-refractivity contribution is -0.157. The molecule has 0 bridgehead atoms. The van der Waals surface area contributed by atoms with Crippen LogP contribution in [0.25, 0.3) is 0 Å². The Kier molecular flexibility index (Phi) is 4.09. The van der Waals surface area contributed by atoms with Crippen LogP contribution in [0.3, 0.4) is 0 Å². The first-order chi connectivity index (χ1) is 10.4. The summed E-state index contributed by atoms with van der Waals surface area (Å²) in [6.45, 7) is 2.26. The van der Waals surface area contributed by atoms with E-state index in [2.05, 4.69) is 20.8 Å². The van der Waals surface area contributed by atoms with Gasteiger partial charge in [0.05, 0.1) is 11.8 Å². The Balaban J connectivity index is 1.54. The molecule has 1 aliphatic carbocycles. The third kappa shape index (κ3) is 3.24. The first kappa shape index (κ1) is 15.6. The zero-order valence-electron chi connectivity index (χ0n) is 11.8. The number of alkyl halides is 3. The summed E-state index contributed by atoms with van der Waals surface area (Å²) in [5.41, 5.74) is 1.06. The maximum atomic E-state index is 12.6. The Morgan fingerprint density at radius 1 is 1.09 bits per heavy atom. The van der Waals surface area contributed by atoms with E-state index in [0.717, 1.165) is 10.2 Å². The Hall–Kier alpha value is -1.24. The molecule has 3 nitrogen and oxygen atoms in total. The summed E-state index contributed by atoms with van der Waals surface area (Å²) in [5.74, 6) is -2.61. The minimum absolute atomic E-state index is 0.0464. The first-order valence-electron chi connectivity index (χ1n) is 7.22. The molecule has 1 amide bonds. The van der Waals surface area contributed by atoms with Gasteiger partial charge in [-0.2, -0.15) is 13.2 Å². The number of nitrogens with zero attached hydrogens (tertiary/aromatic N) is 2. The molecule has 2 atom stereocenters. The second kappa shape index (κ2) is 5.76. The van der Waals surface area contributed by atoms with Gasteiger partial charge in [0, 0.05) is 36.3 Å². The highest BCUT2D eigenvalue weighted by molar-refractivity contribution is 9.10. The number of amides is 1. The number of rotatable bonds is 2. The lowest BCUT2D eigenvalue weighted by Crippen LogP contribution is -2.49. The topological polar surface area (TPSA) is 23.6 Å². The van der Waals surface area contributed by atoms with Crippen LogP contribution >= 0.6 is 15.9 Å². The lowest BCUT2D eigenvalue weighted by Gasteiger charge is -2.36. The van der Waals surface area contributed by atoms with Crippen molar-refractivity contribution in [3.63, 3.8) is 0 Å². The van der Waals surface area contributed by atoms with E-state index < -0.39 is 18.0 Å². The number of hydrogen-bond donors (Lipinski definition) is 0. The molecule has 1 aromatic rings. The molecule has 1 aromatic carbocycles. The second-order valence-corrected chi connectivity index (χ2v) is 6.69. The van der Waals surface area contributed by atoms with Crippen molar-refractivity contribution in [2.24, 2.45) is 11.8 Å². The summed E-state index contributed by atoms with van der Waals surface area (Å²) in [6.07, 6.45) is -4.28. The van der Waals surface area contributed by atoms with E-state index in [1.807, 2.05) is 24.3 Å². The predicted molar refractivity (Wildman–Crippen MR) is 80.6 cm³/mol. The molecule has 1 saturated carbocycles. The Labute approximate surface area is 135 Å². The van der Waals surface area contributed by atoms with Crippen molar-refractivity contribution in [3.05, 3.63) is 28.7 Å². The third-order valence-electron chi connectivity index (χ3n) is 4.31. The highest BCUT2D eigenvalue weighted by Crippen LogP contribution is 2.50. The smallest absolute Gasteiger partial charge is 0.368 e. The van der Waals surface area contributed by atoms with Crippen LogP contribution in [0.15, 0.2) is 28.7 Å². The molecule has 2 unspecified atom stereocenters. The van der Waals surface area contributed by atoms with Crippen LogP contribution in [0.2, 0.25) is 0 Å². The summed E-state index contributed by atoms with van der Waals surface area (Å²) >= 11 is 3.38. The van der Waals surface area contributed by atoms with Gasteiger partial charge in [-0.05, 0) is 30.7 Å². The summed E-state index contributed by atoms with van der Waals surface area (Å²) < 4.78 is 38.7. The molecule has 0 spiro atoms. The van der Waals surface area contributed by atoms with Gasteiger partial charge in [0.1, 0.15) is 0 Å². The van der Waals surface area contributed by atoms with Crippen LogP contribution in [0.5, 0.6) is 0 Å². The summed E-state index contributed by atoms with van der Waals surface area (Å²) in [7, 11) is 0. The monoisotopic (exact) mass is 376 g/mol. The zero-order valence-corrected chi connectivity index (χ0v) is 13.4. The van der Waals surface area contributed by atoms with Crippen molar-refractivity contribution in [2.75, 3.05) is 31.1 Å². The van der Waals surface area contributed by atoms with Gasteiger partial charge in [-0.25, -0.2) is 0 Å². The molecule has 2 fully saturated rings. The standard InChI is InChI=1S/C15H16BrF3N2O/c16-10-1-3-11(4-2-10)20-5-7-21(8-6-20)14(22)12-9-13(12)15(17,18)19/h1-4,12-13H,5-9H2. The molecule has 0 N–H and O–H groups in total. The molecule has 1 aliphatic heterocycles. The van der Waals surface area contributed by atoms with Gasteiger partial charge in [-0.1, -0.05) is 15.9 Å². The van der Waals surface area contributed by atoms with Crippen molar-refractivity contribution < 1.29 is 18.0 Å². The molecule has 22 heavy (non-hydrogen) atoms. The summed E-state index contributed by atoms with van der Waals surface area (Å²) in [5, 5.41) is 0. The van der Waals surface area contributed by atoms with E-state index in [-0.39, 0.29) is 12.3 Å².